The Morgan fingerprint density at radius 1 is 1.15 bits per heavy atom. The zero-order chi connectivity index (χ0) is 24.2. The number of carbonyl (C=O) groups excluding carboxylic acids is 2. The first-order chi connectivity index (χ1) is 15.7. The number of methoxy groups -OCH3 is 2. The number of benzene rings is 2. The summed E-state index contributed by atoms with van der Waals surface area (Å²) in [7, 11) is 3.02. The van der Waals surface area contributed by atoms with E-state index >= 15 is 0 Å². The summed E-state index contributed by atoms with van der Waals surface area (Å²) in [6.45, 7) is 2.28. The molecule has 0 unspecified atom stereocenters. The van der Waals surface area contributed by atoms with Crippen LogP contribution >= 0.6 is 0 Å². The van der Waals surface area contributed by atoms with Crippen LogP contribution in [0.2, 0.25) is 0 Å². The third-order valence-corrected chi connectivity index (χ3v) is 5.43. The summed E-state index contributed by atoms with van der Waals surface area (Å²) in [5.41, 5.74) is 1.01. The summed E-state index contributed by atoms with van der Waals surface area (Å²) in [5.74, 6) is -0.478. The average Bonchev–Trinajstić information content (AvgIpc) is 2.94. The van der Waals surface area contributed by atoms with Crippen molar-refractivity contribution in [1.29, 1.82) is 0 Å². The molecule has 1 aliphatic rings. The van der Waals surface area contributed by atoms with E-state index in [2.05, 4.69) is 5.32 Å². The van der Waals surface area contributed by atoms with Crippen molar-refractivity contribution in [3.63, 3.8) is 0 Å². The molecule has 10 heteroatoms. The van der Waals surface area contributed by atoms with Crippen LogP contribution in [0.15, 0.2) is 42.5 Å². The molecule has 0 bridgehead atoms. The molecule has 0 saturated carbocycles. The van der Waals surface area contributed by atoms with Crippen molar-refractivity contribution in [2.75, 3.05) is 37.5 Å². The number of likely N-dealkylation sites (N-methyl/N-ethyl adjacent to an activating group) is 1. The van der Waals surface area contributed by atoms with Gasteiger partial charge in [0.2, 0.25) is 11.8 Å². The maximum atomic E-state index is 13.9. The molecule has 1 aliphatic heterocycles. The molecule has 2 aromatic rings. The minimum Gasteiger partial charge on any atom is -0.493 e. The molecule has 1 heterocycles. The van der Waals surface area contributed by atoms with Crippen LogP contribution < -0.4 is 19.7 Å². The van der Waals surface area contributed by atoms with Crippen LogP contribution in [0.25, 0.3) is 0 Å². The highest BCUT2D eigenvalue weighted by molar-refractivity contribution is 6.05. The number of anilines is 2. The second kappa shape index (κ2) is 10.1. The van der Waals surface area contributed by atoms with Gasteiger partial charge in [-0.3, -0.25) is 19.4 Å². The van der Waals surface area contributed by atoms with Gasteiger partial charge in [-0.1, -0.05) is 25.1 Å². The molecule has 178 valence electrons. The lowest BCUT2D eigenvalue weighted by Gasteiger charge is -2.33. The summed E-state index contributed by atoms with van der Waals surface area (Å²) >= 11 is 0. The molecule has 0 saturated heterocycles. The molecule has 0 radical (unpaired) electrons. The molecule has 33 heavy (non-hydrogen) atoms. The van der Waals surface area contributed by atoms with Gasteiger partial charge in [-0.15, -0.1) is 0 Å². The number of alkyl halides is 3. The van der Waals surface area contributed by atoms with Gasteiger partial charge >= 0.3 is 6.18 Å². The first-order valence-corrected chi connectivity index (χ1v) is 10.4. The SMILES string of the molecule is CCN(CC(=O)N1c2ccccc2NC(=O)C[C@@H]1C(F)(F)F)Cc1ccc(OC)c(OC)c1. The fraction of sp³-hybridized carbons (Fsp3) is 0.391. The van der Waals surface area contributed by atoms with Crippen LogP contribution in [0.5, 0.6) is 11.5 Å². The number of hydrogen-bond acceptors (Lipinski definition) is 5. The standard InChI is InChI=1S/C23H26F3N3O4/c1-4-28(13-15-9-10-18(32-2)19(11-15)33-3)14-22(31)29-17-8-6-5-7-16(17)27-21(30)12-20(29)23(24,25)26/h5-11,20H,4,12-14H2,1-3H3,(H,27,30)/t20-/m1/s1. The van der Waals surface area contributed by atoms with Crippen molar-refractivity contribution in [2.24, 2.45) is 0 Å². The van der Waals surface area contributed by atoms with Crippen LogP contribution in [0.3, 0.4) is 0 Å². The summed E-state index contributed by atoms with van der Waals surface area (Å²) in [4.78, 5) is 27.8. The fourth-order valence-corrected chi connectivity index (χ4v) is 3.78. The van der Waals surface area contributed by atoms with Gasteiger partial charge in [0.1, 0.15) is 6.04 Å². The van der Waals surface area contributed by atoms with Gasteiger partial charge in [-0.05, 0) is 36.4 Å². The van der Waals surface area contributed by atoms with E-state index in [0.717, 1.165) is 5.56 Å². The van der Waals surface area contributed by atoms with Crippen molar-refractivity contribution in [3.8, 4) is 11.5 Å². The predicted octanol–water partition coefficient (Wildman–Crippen LogP) is 3.83. The molecule has 0 aliphatic carbocycles. The van der Waals surface area contributed by atoms with E-state index in [1.165, 1.54) is 32.4 Å². The Hall–Kier alpha value is -3.27. The van der Waals surface area contributed by atoms with Crippen molar-refractivity contribution in [3.05, 3.63) is 48.0 Å². The Kier molecular flexibility index (Phi) is 7.47. The highest BCUT2D eigenvalue weighted by atomic mass is 19.4. The molecule has 3 rings (SSSR count). The maximum Gasteiger partial charge on any atom is 0.409 e. The Morgan fingerprint density at radius 2 is 1.85 bits per heavy atom. The van der Waals surface area contributed by atoms with E-state index in [1.807, 2.05) is 6.92 Å². The van der Waals surface area contributed by atoms with E-state index in [9.17, 15) is 22.8 Å². The monoisotopic (exact) mass is 465 g/mol. The highest BCUT2D eigenvalue weighted by Gasteiger charge is 2.49. The number of carbonyl (C=O) groups is 2. The Labute approximate surface area is 190 Å². The second-order valence-electron chi connectivity index (χ2n) is 7.58. The smallest absolute Gasteiger partial charge is 0.409 e. The van der Waals surface area contributed by atoms with Crippen LogP contribution in [0.1, 0.15) is 18.9 Å². The minimum atomic E-state index is -4.77. The number of nitrogens with zero attached hydrogens (tertiary/aromatic N) is 2. The van der Waals surface area contributed by atoms with E-state index in [4.69, 9.17) is 9.47 Å². The third-order valence-electron chi connectivity index (χ3n) is 5.43. The normalized spacial score (nSPS) is 16.2. The molecular formula is C23H26F3N3O4. The minimum absolute atomic E-state index is 0.0258. The number of ether oxygens (including phenoxy) is 2. The van der Waals surface area contributed by atoms with Gasteiger partial charge in [0, 0.05) is 6.54 Å². The summed E-state index contributed by atoms with van der Waals surface area (Å²) in [6.07, 6.45) is -5.64. The quantitative estimate of drug-likeness (QED) is 0.673. The van der Waals surface area contributed by atoms with Gasteiger partial charge in [-0.2, -0.15) is 13.2 Å². The second-order valence-corrected chi connectivity index (χ2v) is 7.58. The number of hydrogen-bond donors (Lipinski definition) is 1. The summed E-state index contributed by atoms with van der Waals surface area (Å²) < 4.78 is 52.2. The van der Waals surface area contributed by atoms with Gasteiger partial charge < -0.3 is 14.8 Å². The van der Waals surface area contributed by atoms with Gasteiger partial charge in [0.05, 0.1) is 38.6 Å². The first kappa shape index (κ1) is 24.4. The Bertz CT molecular complexity index is 1010. The molecule has 2 amide bonds. The van der Waals surface area contributed by atoms with Crippen molar-refractivity contribution in [2.45, 2.75) is 32.1 Å². The lowest BCUT2D eigenvalue weighted by atomic mass is 10.1. The van der Waals surface area contributed by atoms with Crippen molar-refractivity contribution in [1.82, 2.24) is 4.90 Å². The number of rotatable bonds is 7. The highest BCUT2D eigenvalue weighted by Crippen LogP contribution is 2.38. The van der Waals surface area contributed by atoms with E-state index in [1.54, 1.807) is 29.2 Å². The van der Waals surface area contributed by atoms with E-state index < -0.39 is 30.5 Å². The van der Waals surface area contributed by atoms with Crippen LogP contribution in [0, 0.1) is 0 Å². The van der Waals surface area contributed by atoms with E-state index in [-0.39, 0.29) is 17.9 Å². The summed E-state index contributed by atoms with van der Waals surface area (Å²) in [6, 6.07) is 9.04. The molecule has 2 aromatic carbocycles. The fourth-order valence-electron chi connectivity index (χ4n) is 3.78. The van der Waals surface area contributed by atoms with E-state index in [0.29, 0.717) is 29.5 Å². The molecular weight excluding hydrogens is 439 g/mol. The van der Waals surface area contributed by atoms with Gasteiger partial charge in [0.15, 0.2) is 11.5 Å². The number of nitrogens with one attached hydrogen (secondary N) is 1. The largest absolute Gasteiger partial charge is 0.493 e. The third kappa shape index (κ3) is 5.57. The number of para-hydroxylation sites is 2. The Balaban J connectivity index is 1.88. The first-order valence-electron chi connectivity index (χ1n) is 10.4. The lowest BCUT2D eigenvalue weighted by molar-refractivity contribution is -0.158. The zero-order valence-electron chi connectivity index (χ0n) is 18.6. The summed E-state index contributed by atoms with van der Waals surface area (Å²) in [5, 5.41) is 2.47. The van der Waals surface area contributed by atoms with Crippen LogP contribution in [-0.4, -0.2) is 56.2 Å². The average molecular weight is 465 g/mol. The van der Waals surface area contributed by atoms with Crippen LogP contribution in [-0.2, 0) is 16.1 Å². The molecule has 0 spiro atoms. The maximum absolute atomic E-state index is 13.9. The molecule has 0 fully saturated rings. The van der Waals surface area contributed by atoms with Crippen molar-refractivity contribution >= 4 is 23.2 Å². The molecule has 1 atom stereocenters. The zero-order valence-corrected chi connectivity index (χ0v) is 18.6. The number of fused-ring (bicyclic) bond motifs is 1. The van der Waals surface area contributed by atoms with Crippen molar-refractivity contribution < 1.29 is 32.2 Å². The predicted molar refractivity (Wildman–Crippen MR) is 118 cm³/mol. The topological polar surface area (TPSA) is 71.1 Å². The molecule has 0 aromatic heterocycles. The Morgan fingerprint density at radius 3 is 2.48 bits per heavy atom. The number of halogens is 3. The molecule has 7 nitrogen and oxygen atoms in total. The molecule has 1 N–H and O–H groups in total. The van der Waals surface area contributed by atoms with Gasteiger partial charge in [-0.25, -0.2) is 0 Å². The van der Waals surface area contributed by atoms with Gasteiger partial charge in [0.25, 0.3) is 0 Å². The number of amides is 2. The van der Waals surface area contributed by atoms with Crippen LogP contribution in [0.4, 0.5) is 24.5 Å². The lowest BCUT2D eigenvalue weighted by Crippen LogP contribution is -2.52.